The molecule has 8 aromatic rings. The molecule has 0 N–H and O–H groups in total. The first-order chi connectivity index (χ1) is 23.5. The SMILES string of the molecule is CC1(C)CCC(C)(C)c2c1nc(-c1[c-]c(C(C)(C)c3[c-]c4c5ncccc5c5nc6ccccc6n5c4cc3)ccc1)n2-c1ccccc1.[Pt+2]. The van der Waals surface area contributed by atoms with Crippen LogP contribution in [0.25, 0.3) is 55.6 Å². The summed E-state index contributed by atoms with van der Waals surface area (Å²) in [7, 11) is 0. The van der Waals surface area contributed by atoms with E-state index >= 15 is 0 Å². The summed E-state index contributed by atoms with van der Waals surface area (Å²) in [4.78, 5) is 15.4. The molecule has 0 unspecified atom stereocenters. The maximum atomic E-state index is 5.47. The third kappa shape index (κ3) is 4.81. The predicted octanol–water partition coefficient (Wildman–Crippen LogP) is 10.3. The van der Waals surface area contributed by atoms with Crippen molar-refractivity contribution in [1.82, 2.24) is 23.9 Å². The number of para-hydroxylation sites is 3. The largest absolute Gasteiger partial charge is 2.00 e. The van der Waals surface area contributed by atoms with Gasteiger partial charge in [0.05, 0.1) is 22.6 Å². The van der Waals surface area contributed by atoms with Gasteiger partial charge in [-0.05, 0) is 54.1 Å². The van der Waals surface area contributed by atoms with E-state index in [1.54, 1.807) is 0 Å². The van der Waals surface area contributed by atoms with E-state index in [0.29, 0.717) is 0 Å². The van der Waals surface area contributed by atoms with Gasteiger partial charge >= 0.3 is 21.1 Å². The Hall–Kier alpha value is -4.60. The van der Waals surface area contributed by atoms with Gasteiger partial charge in [-0.25, -0.2) is 4.98 Å². The van der Waals surface area contributed by atoms with Crippen LogP contribution in [0, 0.1) is 12.1 Å². The van der Waals surface area contributed by atoms with Gasteiger partial charge in [0.1, 0.15) is 5.65 Å². The topological polar surface area (TPSA) is 48.0 Å². The average molecular weight is 833 g/mol. The second-order valence-corrected chi connectivity index (χ2v) is 15.5. The fourth-order valence-corrected chi connectivity index (χ4v) is 7.95. The number of nitrogens with zero attached hydrogens (tertiary/aromatic N) is 5. The number of benzene rings is 4. The molecule has 5 nitrogen and oxygen atoms in total. The van der Waals surface area contributed by atoms with Gasteiger partial charge in [-0.1, -0.05) is 77.9 Å². The van der Waals surface area contributed by atoms with Crippen molar-refractivity contribution in [2.75, 3.05) is 0 Å². The summed E-state index contributed by atoms with van der Waals surface area (Å²) < 4.78 is 4.66. The quantitative estimate of drug-likeness (QED) is 0.131. The zero-order chi connectivity index (χ0) is 33.7. The van der Waals surface area contributed by atoms with Gasteiger partial charge < -0.3 is 14.0 Å². The van der Waals surface area contributed by atoms with E-state index in [0.717, 1.165) is 79.5 Å². The van der Waals surface area contributed by atoms with Crippen LogP contribution in [-0.2, 0) is 37.3 Å². The van der Waals surface area contributed by atoms with Crippen LogP contribution in [0.1, 0.15) is 76.9 Å². The smallest absolute Gasteiger partial charge is 0.336 e. The molecule has 0 bridgehead atoms. The first-order valence-electron chi connectivity index (χ1n) is 17.3. The fraction of sp³-hybridized carbons (Fsp3) is 0.250. The molecule has 0 saturated heterocycles. The summed E-state index contributed by atoms with van der Waals surface area (Å²) in [6.45, 7) is 13.9. The Morgan fingerprint density at radius 1 is 0.700 bits per heavy atom. The number of hydrogen-bond donors (Lipinski definition) is 0. The van der Waals surface area contributed by atoms with Gasteiger partial charge in [-0.2, -0.15) is 0 Å². The van der Waals surface area contributed by atoms with E-state index in [-0.39, 0.29) is 31.9 Å². The molecule has 1 aliphatic rings. The van der Waals surface area contributed by atoms with Crippen LogP contribution in [-0.4, -0.2) is 23.9 Å². The first kappa shape index (κ1) is 32.6. The van der Waals surface area contributed by atoms with E-state index in [1.165, 1.54) is 11.4 Å². The van der Waals surface area contributed by atoms with E-state index in [9.17, 15) is 0 Å². The minimum atomic E-state index is -0.403. The monoisotopic (exact) mass is 832 g/mol. The van der Waals surface area contributed by atoms with Crippen molar-refractivity contribution in [3.05, 3.63) is 138 Å². The van der Waals surface area contributed by atoms with Crippen LogP contribution in [0.15, 0.2) is 103 Å². The van der Waals surface area contributed by atoms with Crippen LogP contribution >= 0.6 is 0 Å². The van der Waals surface area contributed by atoms with Crippen LogP contribution in [0.4, 0.5) is 0 Å². The number of pyridine rings is 2. The van der Waals surface area contributed by atoms with E-state index in [1.807, 2.05) is 18.3 Å². The number of hydrogen-bond acceptors (Lipinski definition) is 3. The van der Waals surface area contributed by atoms with E-state index in [2.05, 4.69) is 148 Å². The van der Waals surface area contributed by atoms with Gasteiger partial charge in [0.2, 0.25) is 0 Å². The molecule has 250 valence electrons. The van der Waals surface area contributed by atoms with Gasteiger partial charge in [-0.3, -0.25) is 4.98 Å². The molecule has 1 aliphatic carbocycles. The average Bonchev–Trinajstić information content (AvgIpc) is 3.73. The summed E-state index contributed by atoms with van der Waals surface area (Å²) in [6, 6.07) is 41.8. The minimum absolute atomic E-state index is 0. The summed E-state index contributed by atoms with van der Waals surface area (Å²) in [5.41, 5.74) is 11.3. The second-order valence-electron chi connectivity index (χ2n) is 15.5. The fourth-order valence-electron chi connectivity index (χ4n) is 7.95. The summed E-state index contributed by atoms with van der Waals surface area (Å²) in [5, 5.41) is 2.01. The van der Waals surface area contributed by atoms with Gasteiger partial charge in [0, 0.05) is 39.3 Å². The molecule has 50 heavy (non-hydrogen) atoms. The van der Waals surface area contributed by atoms with Crippen molar-refractivity contribution in [1.29, 1.82) is 0 Å². The van der Waals surface area contributed by atoms with Gasteiger partial charge in [0.15, 0.2) is 0 Å². The Morgan fingerprint density at radius 3 is 2.26 bits per heavy atom. The molecule has 4 aromatic heterocycles. The van der Waals surface area contributed by atoms with Gasteiger partial charge in [0.25, 0.3) is 0 Å². The molecule has 0 saturated carbocycles. The number of rotatable bonds is 4. The molecule has 0 amide bonds. The Labute approximate surface area is 307 Å². The number of aromatic nitrogens is 5. The van der Waals surface area contributed by atoms with Crippen molar-refractivity contribution >= 4 is 38.5 Å². The molecule has 0 aliphatic heterocycles. The standard InChI is InChI=1S/C44H39N5.Pt/c1-42(2)23-24-43(3,4)39-38(42)47-40(48(39)31-16-8-7-9-17-31)28-14-12-15-29(26-28)44(5,6)30-21-22-35-33(27-30)37-32(18-13-25-45-37)41-46-34-19-10-11-20-36(34)49(35)41;/h7-22,25H,23-24H2,1-6H3;/q-2;+2. The van der Waals surface area contributed by atoms with E-state index in [4.69, 9.17) is 15.0 Å². The third-order valence-electron chi connectivity index (χ3n) is 10.9. The number of imidazole rings is 2. The maximum absolute atomic E-state index is 5.47. The predicted molar refractivity (Wildman–Crippen MR) is 200 cm³/mol. The maximum Gasteiger partial charge on any atom is 2.00 e. The Morgan fingerprint density at radius 2 is 1.44 bits per heavy atom. The van der Waals surface area contributed by atoms with Crippen LogP contribution in [0.2, 0.25) is 0 Å². The molecule has 6 heteroatoms. The van der Waals surface area contributed by atoms with Gasteiger partial charge in [-0.15, -0.1) is 64.5 Å². The molecule has 0 fully saturated rings. The third-order valence-corrected chi connectivity index (χ3v) is 10.9. The Balaban J connectivity index is 0.00000361. The van der Waals surface area contributed by atoms with Crippen molar-refractivity contribution in [3.63, 3.8) is 0 Å². The zero-order valence-electron chi connectivity index (χ0n) is 29.3. The normalized spacial score (nSPS) is 15.4. The Bertz CT molecular complexity index is 2590. The van der Waals surface area contributed by atoms with E-state index < -0.39 is 5.41 Å². The summed E-state index contributed by atoms with van der Waals surface area (Å²) in [5.74, 6) is 0.948. The van der Waals surface area contributed by atoms with Crippen LogP contribution < -0.4 is 0 Å². The molecular weight excluding hydrogens is 794 g/mol. The number of fused-ring (bicyclic) bond motifs is 9. The Kier molecular flexibility index (Phi) is 7.47. The molecule has 4 aromatic carbocycles. The second kappa shape index (κ2) is 11.5. The molecule has 4 heterocycles. The zero-order valence-corrected chi connectivity index (χ0v) is 31.6. The van der Waals surface area contributed by atoms with Crippen LogP contribution in [0.3, 0.4) is 0 Å². The molecule has 0 atom stereocenters. The minimum Gasteiger partial charge on any atom is -0.336 e. The summed E-state index contributed by atoms with van der Waals surface area (Å²) >= 11 is 0. The van der Waals surface area contributed by atoms with Crippen LogP contribution in [0.5, 0.6) is 0 Å². The van der Waals surface area contributed by atoms with Crippen molar-refractivity contribution in [2.45, 2.75) is 70.6 Å². The molecular formula is C44H39N5Pt. The molecule has 9 rings (SSSR count). The molecule has 0 spiro atoms. The van der Waals surface area contributed by atoms with Crippen molar-refractivity contribution in [2.24, 2.45) is 0 Å². The first-order valence-corrected chi connectivity index (χ1v) is 17.3. The molecule has 0 radical (unpaired) electrons. The van der Waals surface area contributed by atoms with Crippen molar-refractivity contribution in [3.8, 4) is 17.1 Å². The van der Waals surface area contributed by atoms with Crippen molar-refractivity contribution < 1.29 is 21.1 Å². The summed E-state index contributed by atoms with van der Waals surface area (Å²) in [6.07, 6.45) is 4.09.